The van der Waals surface area contributed by atoms with Gasteiger partial charge in [-0.3, -0.25) is 10.1 Å². The third-order valence-electron chi connectivity index (χ3n) is 5.87. The number of hydrogen-bond donors (Lipinski definition) is 3. The fourth-order valence-electron chi connectivity index (χ4n) is 4.12. The van der Waals surface area contributed by atoms with Gasteiger partial charge in [-0.2, -0.15) is 5.10 Å². The zero-order valence-electron chi connectivity index (χ0n) is 18.1. The van der Waals surface area contributed by atoms with Crippen LogP contribution in [0.4, 0.5) is 10.2 Å². The summed E-state index contributed by atoms with van der Waals surface area (Å²) in [5, 5.41) is 18.2. The van der Waals surface area contributed by atoms with Gasteiger partial charge >= 0.3 is 0 Å². The lowest BCUT2D eigenvalue weighted by atomic mass is 9.92. The molecular weight excluding hydrogens is 482 g/mol. The first-order valence-corrected chi connectivity index (χ1v) is 11.3. The van der Waals surface area contributed by atoms with Crippen LogP contribution in [-0.2, 0) is 0 Å². The highest BCUT2D eigenvalue weighted by Gasteiger charge is 2.40. The van der Waals surface area contributed by atoms with E-state index in [-0.39, 0.29) is 12.4 Å². The molecule has 0 radical (unpaired) electrons. The summed E-state index contributed by atoms with van der Waals surface area (Å²) in [7, 11) is 0. The SMILES string of the molecule is C[C@@H](Oc1ccc2[nH]nc(-c3cnc(N4CC(N)(CO)C4)c(F)c3)c2c1)c1c(Cl)cncc1Cl. The van der Waals surface area contributed by atoms with Gasteiger partial charge in [-0.15, -0.1) is 0 Å². The fourth-order valence-corrected chi connectivity index (χ4v) is 4.79. The van der Waals surface area contributed by atoms with Crippen molar-refractivity contribution in [1.82, 2.24) is 20.2 Å². The maximum Gasteiger partial charge on any atom is 0.166 e. The summed E-state index contributed by atoms with van der Waals surface area (Å²) in [4.78, 5) is 9.95. The quantitative estimate of drug-likeness (QED) is 0.363. The molecule has 4 heterocycles. The van der Waals surface area contributed by atoms with Crippen molar-refractivity contribution in [3.8, 4) is 17.0 Å². The Morgan fingerprint density at radius 3 is 2.65 bits per heavy atom. The predicted octanol–water partition coefficient (Wildman–Crippen LogP) is 4.12. The van der Waals surface area contributed by atoms with Gasteiger partial charge in [0.25, 0.3) is 0 Å². The zero-order chi connectivity index (χ0) is 24.0. The highest BCUT2D eigenvalue weighted by molar-refractivity contribution is 6.35. The van der Waals surface area contributed by atoms with Gasteiger partial charge in [0.2, 0.25) is 0 Å². The average molecular weight is 503 g/mol. The molecule has 5 rings (SSSR count). The lowest BCUT2D eigenvalue weighted by molar-refractivity contribution is 0.166. The van der Waals surface area contributed by atoms with Crippen molar-refractivity contribution < 1.29 is 14.2 Å². The van der Waals surface area contributed by atoms with Gasteiger partial charge < -0.3 is 20.5 Å². The fraction of sp³-hybridized carbons (Fsp3) is 0.261. The van der Waals surface area contributed by atoms with Crippen molar-refractivity contribution in [3.05, 3.63) is 64.3 Å². The molecule has 1 fully saturated rings. The number of aliphatic hydroxyl groups excluding tert-OH is 1. The lowest BCUT2D eigenvalue weighted by Crippen LogP contribution is -2.70. The summed E-state index contributed by atoms with van der Waals surface area (Å²) in [5.41, 5.74) is 7.70. The third kappa shape index (κ3) is 4.05. The van der Waals surface area contributed by atoms with E-state index in [1.807, 2.05) is 19.1 Å². The van der Waals surface area contributed by atoms with Crippen LogP contribution in [-0.4, -0.2) is 50.5 Å². The number of benzene rings is 1. The second-order valence-corrected chi connectivity index (χ2v) is 9.28. The molecular formula is C23H21Cl2FN6O2. The molecule has 0 spiro atoms. The second-order valence-electron chi connectivity index (χ2n) is 8.46. The number of pyridine rings is 2. The largest absolute Gasteiger partial charge is 0.486 e. The van der Waals surface area contributed by atoms with E-state index >= 15 is 0 Å². The number of ether oxygens (including phenoxy) is 1. The first-order valence-electron chi connectivity index (χ1n) is 10.5. The summed E-state index contributed by atoms with van der Waals surface area (Å²) in [6, 6.07) is 6.84. The molecule has 1 aliphatic heterocycles. The van der Waals surface area contributed by atoms with Crippen LogP contribution in [0.15, 0.2) is 42.9 Å². The van der Waals surface area contributed by atoms with E-state index in [1.54, 1.807) is 17.2 Å². The Bertz CT molecular complexity index is 1350. The van der Waals surface area contributed by atoms with Crippen LogP contribution in [0.1, 0.15) is 18.6 Å². The molecule has 34 heavy (non-hydrogen) atoms. The number of aliphatic hydroxyl groups is 1. The van der Waals surface area contributed by atoms with Gasteiger partial charge in [-0.05, 0) is 31.2 Å². The van der Waals surface area contributed by atoms with E-state index in [2.05, 4.69) is 20.2 Å². The number of H-pyrrole nitrogens is 1. The molecule has 1 aliphatic rings. The molecule has 4 N–H and O–H groups in total. The van der Waals surface area contributed by atoms with Gasteiger partial charge in [0.1, 0.15) is 17.5 Å². The smallest absolute Gasteiger partial charge is 0.166 e. The molecule has 0 aliphatic carbocycles. The van der Waals surface area contributed by atoms with E-state index in [0.29, 0.717) is 45.7 Å². The summed E-state index contributed by atoms with van der Waals surface area (Å²) >= 11 is 12.5. The number of rotatable bonds is 6. The normalized spacial score (nSPS) is 15.9. The minimum absolute atomic E-state index is 0.162. The Hall–Kier alpha value is -2.98. The number of aromatic nitrogens is 4. The van der Waals surface area contributed by atoms with Crippen molar-refractivity contribution in [3.63, 3.8) is 0 Å². The van der Waals surface area contributed by atoms with Crippen molar-refractivity contribution in [2.75, 3.05) is 24.6 Å². The van der Waals surface area contributed by atoms with Gasteiger partial charge in [-0.25, -0.2) is 9.37 Å². The van der Waals surface area contributed by atoms with E-state index < -0.39 is 17.5 Å². The molecule has 8 nitrogen and oxygen atoms in total. The molecule has 11 heteroatoms. The molecule has 1 aromatic carbocycles. The standard InChI is InChI=1S/C23H21Cl2FN6O2/c1-12(20-16(24)7-28-8-17(20)25)34-14-2-3-19-15(5-14)21(31-30-19)13-4-18(26)22(29-6-13)32-9-23(27,10-32)11-33/h2-8,12,33H,9-11,27H2,1H3,(H,30,31)/t12-/m1/s1. The highest BCUT2D eigenvalue weighted by atomic mass is 35.5. The molecule has 0 saturated carbocycles. The predicted molar refractivity (Wildman–Crippen MR) is 129 cm³/mol. The maximum absolute atomic E-state index is 14.9. The number of nitrogens with two attached hydrogens (primary N) is 1. The Morgan fingerprint density at radius 1 is 1.24 bits per heavy atom. The van der Waals surface area contributed by atoms with Crippen molar-refractivity contribution in [2.24, 2.45) is 5.73 Å². The topological polar surface area (TPSA) is 113 Å². The molecule has 0 amide bonds. The lowest BCUT2D eigenvalue weighted by Gasteiger charge is -2.47. The molecule has 1 atom stereocenters. The first-order chi connectivity index (χ1) is 16.3. The Balaban J connectivity index is 1.42. The summed E-state index contributed by atoms with van der Waals surface area (Å²) in [6.45, 7) is 2.35. The summed E-state index contributed by atoms with van der Waals surface area (Å²) in [6.07, 6.45) is 4.17. The van der Waals surface area contributed by atoms with Gasteiger partial charge in [0.15, 0.2) is 11.6 Å². The van der Waals surface area contributed by atoms with Gasteiger partial charge in [-0.1, -0.05) is 23.2 Å². The van der Waals surface area contributed by atoms with Crippen molar-refractivity contribution in [1.29, 1.82) is 0 Å². The van der Waals surface area contributed by atoms with Crippen molar-refractivity contribution >= 4 is 39.9 Å². The minimum atomic E-state index is -0.719. The average Bonchev–Trinajstić information content (AvgIpc) is 3.20. The number of halogens is 3. The van der Waals surface area contributed by atoms with Crippen LogP contribution in [0.5, 0.6) is 5.75 Å². The number of anilines is 1. The van der Waals surface area contributed by atoms with E-state index in [4.69, 9.17) is 33.7 Å². The Kier molecular flexibility index (Phi) is 5.81. The molecule has 176 valence electrons. The first kappa shape index (κ1) is 22.8. The van der Waals surface area contributed by atoms with Crippen LogP contribution < -0.4 is 15.4 Å². The number of nitrogens with one attached hydrogen (secondary N) is 1. The number of aromatic amines is 1. The number of hydrogen-bond acceptors (Lipinski definition) is 7. The molecule has 0 bridgehead atoms. The van der Waals surface area contributed by atoms with Crippen LogP contribution >= 0.6 is 23.2 Å². The summed E-state index contributed by atoms with van der Waals surface area (Å²) < 4.78 is 21.0. The molecule has 3 aromatic heterocycles. The number of nitrogens with zero attached hydrogens (tertiary/aromatic N) is 4. The van der Waals surface area contributed by atoms with E-state index in [0.717, 1.165) is 10.9 Å². The zero-order valence-corrected chi connectivity index (χ0v) is 19.6. The maximum atomic E-state index is 14.9. The van der Waals surface area contributed by atoms with E-state index in [1.165, 1.54) is 18.5 Å². The summed E-state index contributed by atoms with van der Waals surface area (Å²) in [5.74, 6) is 0.277. The van der Waals surface area contributed by atoms with Crippen molar-refractivity contribution in [2.45, 2.75) is 18.6 Å². The van der Waals surface area contributed by atoms with Gasteiger partial charge in [0, 0.05) is 48.2 Å². The Morgan fingerprint density at radius 2 is 1.97 bits per heavy atom. The minimum Gasteiger partial charge on any atom is -0.486 e. The van der Waals surface area contributed by atoms with Crippen LogP contribution in [0.3, 0.4) is 0 Å². The monoisotopic (exact) mass is 502 g/mol. The van der Waals surface area contributed by atoms with Crippen LogP contribution in [0, 0.1) is 5.82 Å². The third-order valence-corrected chi connectivity index (χ3v) is 6.47. The molecule has 4 aromatic rings. The highest BCUT2D eigenvalue weighted by Crippen LogP contribution is 2.35. The molecule has 0 unspecified atom stereocenters. The number of fused-ring (bicyclic) bond motifs is 1. The second kappa shape index (κ2) is 8.66. The molecule has 1 saturated heterocycles. The Labute approximate surface area is 204 Å². The van der Waals surface area contributed by atoms with E-state index in [9.17, 15) is 9.50 Å². The van der Waals surface area contributed by atoms with Crippen LogP contribution in [0.25, 0.3) is 22.2 Å². The van der Waals surface area contributed by atoms with Gasteiger partial charge in [0.05, 0.1) is 27.7 Å². The van der Waals surface area contributed by atoms with Crippen LogP contribution in [0.2, 0.25) is 10.0 Å².